The van der Waals surface area contributed by atoms with E-state index in [0.29, 0.717) is 11.7 Å². The number of nitrogens with zero attached hydrogens (tertiary/aromatic N) is 1. The molecular weight excluding hydrogens is 352 g/mol. The molecule has 0 spiro atoms. The number of aryl methyl sites for hydroxylation is 1. The first-order valence-electron chi connectivity index (χ1n) is 9.95. The number of carbonyl (C=O) groups is 2. The molecule has 1 atom stereocenters. The maximum atomic E-state index is 12.7. The van der Waals surface area contributed by atoms with Gasteiger partial charge in [0.25, 0.3) is 5.91 Å². The summed E-state index contributed by atoms with van der Waals surface area (Å²) in [6.45, 7) is 0.163. The molecule has 0 unspecified atom stereocenters. The summed E-state index contributed by atoms with van der Waals surface area (Å²) in [7, 11) is 1.72. The highest BCUT2D eigenvalue weighted by atomic mass is 16.5. The molecule has 2 aromatic rings. The number of hydrogen-bond acceptors (Lipinski definition) is 3. The van der Waals surface area contributed by atoms with Crippen molar-refractivity contribution < 1.29 is 14.3 Å². The quantitative estimate of drug-likeness (QED) is 0.869. The predicted octanol–water partition coefficient (Wildman–Crippen LogP) is 3.19. The summed E-state index contributed by atoms with van der Waals surface area (Å²) in [5, 5.41) is 2.92. The molecule has 146 valence electrons. The molecular formula is C23H26N2O3. The van der Waals surface area contributed by atoms with E-state index in [2.05, 4.69) is 29.6 Å². The lowest BCUT2D eigenvalue weighted by Gasteiger charge is -2.35. The Hall–Kier alpha value is -2.82. The third-order valence-electron chi connectivity index (χ3n) is 5.87. The van der Waals surface area contributed by atoms with Crippen LogP contribution in [0.3, 0.4) is 0 Å². The summed E-state index contributed by atoms with van der Waals surface area (Å²) in [5.41, 5.74) is 2.08. The van der Waals surface area contributed by atoms with Crippen LogP contribution in [0.15, 0.2) is 54.6 Å². The lowest BCUT2D eigenvalue weighted by Crippen LogP contribution is -2.52. The average molecular weight is 378 g/mol. The van der Waals surface area contributed by atoms with Crippen molar-refractivity contribution >= 4 is 17.5 Å². The molecule has 1 saturated carbocycles. The van der Waals surface area contributed by atoms with Gasteiger partial charge in [0, 0.05) is 13.0 Å². The zero-order chi connectivity index (χ0) is 19.5. The van der Waals surface area contributed by atoms with Gasteiger partial charge in [-0.2, -0.15) is 0 Å². The normalized spacial score (nSPS) is 23.8. The van der Waals surface area contributed by atoms with Crippen LogP contribution in [-0.4, -0.2) is 31.5 Å². The molecule has 2 aliphatic rings. The second-order valence-corrected chi connectivity index (χ2v) is 7.80. The third-order valence-corrected chi connectivity index (χ3v) is 5.87. The molecule has 4 rings (SSSR count). The fraction of sp³-hybridized carbons (Fsp3) is 0.391. The fourth-order valence-corrected chi connectivity index (χ4v) is 4.05. The van der Waals surface area contributed by atoms with Gasteiger partial charge < -0.3 is 15.0 Å². The minimum atomic E-state index is -0.645. The second-order valence-electron chi connectivity index (χ2n) is 7.80. The molecule has 1 heterocycles. The van der Waals surface area contributed by atoms with Crippen LogP contribution in [0, 0.1) is 11.8 Å². The lowest BCUT2D eigenvalue weighted by atomic mass is 9.72. The van der Waals surface area contributed by atoms with Crippen LogP contribution in [0.25, 0.3) is 0 Å². The van der Waals surface area contributed by atoms with E-state index in [1.54, 1.807) is 11.9 Å². The van der Waals surface area contributed by atoms with Gasteiger partial charge >= 0.3 is 0 Å². The number of carbonyl (C=O) groups excluding carboxylic acids is 2. The third kappa shape index (κ3) is 3.88. The van der Waals surface area contributed by atoms with Crippen molar-refractivity contribution in [2.75, 3.05) is 18.6 Å². The molecule has 1 aliphatic carbocycles. The molecule has 5 heteroatoms. The Bertz CT molecular complexity index is 846. The first kappa shape index (κ1) is 18.5. The zero-order valence-corrected chi connectivity index (χ0v) is 16.1. The van der Waals surface area contributed by atoms with E-state index in [9.17, 15) is 9.59 Å². The Balaban J connectivity index is 1.27. The molecule has 28 heavy (non-hydrogen) atoms. The van der Waals surface area contributed by atoms with Crippen molar-refractivity contribution in [3.05, 3.63) is 60.2 Å². The summed E-state index contributed by atoms with van der Waals surface area (Å²) >= 11 is 0. The summed E-state index contributed by atoms with van der Waals surface area (Å²) in [4.78, 5) is 26.9. The van der Waals surface area contributed by atoms with Crippen LogP contribution in [0.1, 0.15) is 24.8 Å². The standard InChI is InChI=1S/C23H26N2O3/c1-25-20-9-5-6-10-21(20)28-15-19(23(25)27)24-22(26)18-13-17(14-18)12-11-16-7-3-2-4-8-16/h2-10,17-19H,11-15H2,1H3,(H,24,26)/t17-,18+,19-/m0/s1. The van der Waals surface area contributed by atoms with Gasteiger partial charge in [0.2, 0.25) is 5.91 Å². The lowest BCUT2D eigenvalue weighted by molar-refractivity contribution is -0.133. The zero-order valence-electron chi connectivity index (χ0n) is 16.1. The molecule has 1 aliphatic heterocycles. The van der Waals surface area contributed by atoms with Crippen LogP contribution in [0.5, 0.6) is 5.75 Å². The number of fused-ring (bicyclic) bond motifs is 1. The minimum absolute atomic E-state index is 0.00417. The van der Waals surface area contributed by atoms with Crippen molar-refractivity contribution in [1.82, 2.24) is 5.32 Å². The van der Waals surface area contributed by atoms with E-state index in [1.165, 1.54) is 5.56 Å². The maximum absolute atomic E-state index is 12.7. The van der Waals surface area contributed by atoms with Gasteiger partial charge in [-0.25, -0.2) is 0 Å². The molecule has 0 radical (unpaired) electrons. The SMILES string of the molecule is CN1C(=O)[C@@H](NC(=O)[C@H]2C[C@@H](CCc3ccccc3)C2)COc2ccccc21. The van der Waals surface area contributed by atoms with E-state index in [-0.39, 0.29) is 24.3 Å². The largest absolute Gasteiger partial charge is 0.489 e. The predicted molar refractivity (Wildman–Crippen MR) is 108 cm³/mol. The van der Waals surface area contributed by atoms with Crippen LogP contribution in [-0.2, 0) is 16.0 Å². The van der Waals surface area contributed by atoms with Gasteiger partial charge in [-0.1, -0.05) is 42.5 Å². The van der Waals surface area contributed by atoms with Crippen molar-refractivity contribution in [3.8, 4) is 5.75 Å². The van der Waals surface area contributed by atoms with Crippen LogP contribution in [0.2, 0.25) is 0 Å². The van der Waals surface area contributed by atoms with E-state index >= 15 is 0 Å². The Morgan fingerprint density at radius 3 is 2.61 bits per heavy atom. The van der Waals surface area contributed by atoms with Crippen molar-refractivity contribution in [3.63, 3.8) is 0 Å². The summed E-state index contributed by atoms with van der Waals surface area (Å²) < 4.78 is 5.77. The molecule has 1 N–H and O–H groups in total. The Labute approximate surface area is 165 Å². The highest BCUT2D eigenvalue weighted by molar-refractivity contribution is 6.00. The molecule has 0 bridgehead atoms. The number of hydrogen-bond donors (Lipinski definition) is 1. The highest BCUT2D eigenvalue weighted by Gasteiger charge is 2.37. The van der Waals surface area contributed by atoms with Gasteiger partial charge in [0.15, 0.2) is 0 Å². The van der Waals surface area contributed by atoms with E-state index in [4.69, 9.17) is 4.74 Å². The minimum Gasteiger partial charge on any atom is -0.489 e. The second kappa shape index (κ2) is 8.05. The number of anilines is 1. The van der Waals surface area contributed by atoms with Crippen LogP contribution < -0.4 is 15.0 Å². The molecule has 0 saturated heterocycles. The summed E-state index contributed by atoms with van der Waals surface area (Å²) in [6, 6.07) is 17.2. The number of amides is 2. The van der Waals surface area contributed by atoms with E-state index in [0.717, 1.165) is 31.4 Å². The topological polar surface area (TPSA) is 58.6 Å². The monoisotopic (exact) mass is 378 g/mol. The molecule has 2 aromatic carbocycles. The van der Waals surface area contributed by atoms with E-state index < -0.39 is 6.04 Å². The van der Waals surface area contributed by atoms with Crippen LogP contribution >= 0.6 is 0 Å². The van der Waals surface area contributed by atoms with Crippen molar-refractivity contribution in [2.45, 2.75) is 31.7 Å². The molecule has 5 nitrogen and oxygen atoms in total. The summed E-state index contributed by atoms with van der Waals surface area (Å²) in [5.74, 6) is 1.09. The van der Waals surface area contributed by atoms with Gasteiger partial charge in [-0.15, -0.1) is 0 Å². The molecule has 0 aromatic heterocycles. The van der Waals surface area contributed by atoms with Gasteiger partial charge in [-0.05, 0) is 49.3 Å². The number of para-hydroxylation sites is 2. The Kier molecular flexibility index (Phi) is 5.33. The first-order chi connectivity index (χ1) is 13.6. The number of ether oxygens (including phenoxy) is 1. The van der Waals surface area contributed by atoms with Gasteiger partial charge in [-0.3, -0.25) is 9.59 Å². The Morgan fingerprint density at radius 1 is 1.11 bits per heavy atom. The molecule has 1 fully saturated rings. The van der Waals surface area contributed by atoms with Crippen LogP contribution in [0.4, 0.5) is 5.69 Å². The highest BCUT2D eigenvalue weighted by Crippen LogP contribution is 2.37. The number of likely N-dealkylation sites (N-methyl/N-ethyl adjacent to an activating group) is 1. The van der Waals surface area contributed by atoms with Crippen molar-refractivity contribution in [1.29, 1.82) is 0 Å². The number of rotatable bonds is 5. The Morgan fingerprint density at radius 2 is 1.82 bits per heavy atom. The van der Waals surface area contributed by atoms with Gasteiger partial charge in [0.05, 0.1) is 5.69 Å². The first-order valence-corrected chi connectivity index (χ1v) is 9.95. The van der Waals surface area contributed by atoms with Gasteiger partial charge in [0.1, 0.15) is 18.4 Å². The summed E-state index contributed by atoms with van der Waals surface area (Å²) in [6.07, 6.45) is 3.96. The van der Waals surface area contributed by atoms with Crippen molar-refractivity contribution in [2.24, 2.45) is 11.8 Å². The van der Waals surface area contributed by atoms with E-state index in [1.807, 2.05) is 30.3 Å². The smallest absolute Gasteiger partial charge is 0.252 e. The number of benzene rings is 2. The number of nitrogens with one attached hydrogen (secondary N) is 1. The fourth-order valence-electron chi connectivity index (χ4n) is 4.05. The maximum Gasteiger partial charge on any atom is 0.252 e. The molecule has 2 amide bonds. The average Bonchev–Trinajstić information content (AvgIpc) is 2.80.